The summed E-state index contributed by atoms with van der Waals surface area (Å²) in [5.41, 5.74) is 7.36. The molecule has 1 aromatic rings. The third-order valence-corrected chi connectivity index (χ3v) is 5.16. The maximum Gasteiger partial charge on any atom is 0.240 e. The molecular weight excluding hydrogens is 262 g/mol. The third kappa shape index (κ3) is 3.01. The Hall–Kier alpha value is -1.27. The van der Waals surface area contributed by atoms with E-state index in [-0.39, 0.29) is 4.90 Å². The molecule has 0 unspecified atom stereocenters. The van der Waals surface area contributed by atoms with Crippen LogP contribution in [0, 0.1) is 5.92 Å². The van der Waals surface area contributed by atoms with E-state index in [4.69, 9.17) is 5.73 Å². The van der Waals surface area contributed by atoms with Crippen molar-refractivity contribution in [2.45, 2.75) is 24.2 Å². The zero-order valence-electron chi connectivity index (χ0n) is 11.4. The predicted molar refractivity (Wildman–Crippen MR) is 77.7 cm³/mol. The van der Waals surface area contributed by atoms with E-state index in [1.165, 1.54) is 32.4 Å². The topological polar surface area (TPSA) is 75.4 Å². The lowest BCUT2D eigenvalue weighted by Gasteiger charge is -2.31. The smallest absolute Gasteiger partial charge is 0.240 e. The molecule has 2 rings (SSSR count). The van der Waals surface area contributed by atoms with Crippen molar-refractivity contribution in [2.75, 3.05) is 31.3 Å². The molecule has 1 aromatic carbocycles. The van der Waals surface area contributed by atoms with Crippen LogP contribution >= 0.6 is 0 Å². The Morgan fingerprint density at radius 1 is 1.42 bits per heavy atom. The highest BCUT2D eigenvalue weighted by molar-refractivity contribution is 7.89. The van der Waals surface area contributed by atoms with Gasteiger partial charge in [-0.05, 0) is 44.0 Å². The van der Waals surface area contributed by atoms with Crippen molar-refractivity contribution < 1.29 is 8.42 Å². The number of nitrogens with one attached hydrogen (secondary N) is 1. The lowest BCUT2D eigenvalue weighted by molar-refractivity contribution is 0.321. The molecule has 0 aliphatic heterocycles. The SMILES string of the molecule is CNS(=O)(=O)c1ccc(N(C)CC2CCC2)c(N)c1. The van der Waals surface area contributed by atoms with Gasteiger partial charge in [0.15, 0.2) is 0 Å². The minimum Gasteiger partial charge on any atom is -0.397 e. The van der Waals surface area contributed by atoms with Crippen LogP contribution in [-0.4, -0.2) is 29.1 Å². The third-order valence-electron chi connectivity index (χ3n) is 3.75. The van der Waals surface area contributed by atoms with Crippen molar-refractivity contribution in [2.24, 2.45) is 5.92 Å². The average Bonchev–Trinajstić information content (AvgIpc) is 2.33. The fourth-order valence-electron chi connectivity index (χ4n) is 2.33. The quantitative estimate of drug-likeness (QED) is 0.801. The first-order chi connectivity index (χ1) is 8.94. The molecule has 0 bridgehead atoms. The van der Waals surface area contributed by atoms with Crippen LogP contribution in [0.4, 0.5) is 11.4 Å². The molecule has 5 nitrogen and oxygen atoms in total. The first-order valence-electron chi connectivity index (χ1n) is 6.48. The molecule has 3 N–H and O–H groups in total. The molecule has 0 amide bonds. The maximum absolute atomic E-state index is 11.7. The van der Waals surface area contributed by atoms with Crippen LogP contribution < -0.4 is 15.4 Å². The highest BCUT2D eigenvalue weighted by atomic mass is 32.2. The second-order valence-corrected chi connectivity index (χ2v) is 6.99. The Morgan fingerprint density at radius 2 is 2.11 bits per heavy atom. The number of hydrogen-bond donors (Lipinski definition) is 2. The zero-order chi connectivity index (χ0) is 14.0. The van der Waals surface area contributed by atoms with Gasteiger partial charge in [-0.25, -0.2) is 13.1 Å². The zero-order valence-corrected chi connectivity index (χ0v) is 12.2. The average molecular weight is 283 g/mol. The number of benzene rings is 1. The van der Waals surface area contributed by atoms with Crippen molar-refractivity contribution in [3.05, 3.63) is 18.2 Å². The van der Waals surface area contributed by atoms with Gasteiger partial charge in [0.05, 0.1) is 16.3 Å². The predicted octanol–water partition coefficient (Wildman–Crippen LogP) is 1.41. The van der Waals surface area contributed by atoms with Crippen LogP contribution in [0.3, 0.4) is 0 Å². The molecule has 6 heteroatoms. The molecule has 106 valence electrons. The summed E-state index contributed by atoms with van der Waals surface area (Å²) >= 11 is 0. The van der Waals surface area contributed by atoms with Crippen LogP contribution in [0.2, 0.25) is 0 Å². The summed E-state index contributed by atoms with van der Waals surface area (Å²) in [5.74, 6) is 0.741. The molecule has 1 aliphatic carbocycles. The molecule has 1 aliphatic rings. The van der Waals surface area contributed by atoms with E-state index in [0.29, 0.717) is 5.69 Å². The number of nitrogens with two attached hydrogens (primary N) is 1. The first-order valence-corrected chi connectivity index (χ1v) is 7.96. The van der Waals surface area contributed by atoms with Crippen molar-refractivity contribution >= 4 is 21.4 Å². The standard InChI is InChI=1S/C13H21N3O2S/c1-15-19(17,18)11-6-7-13(12(14)8-11)16(2)9-10-4-3-5-10/h6-8,10,15H,3-5,9,14H2,1-2H3. The summed E-state index contributed by atoms with van der Waals surface area (Å²) in [6.07, 6.45) is 3.86. The normalized spacial score (nSPS) is 16.1. The van der Waals surface area contributed by atoms with Crippen molar-refractivity contribution in [1.82, 2.24) is 4.72 Å². The van der Waals surface area contributed by atoms with E-state index < -0.39 is 10.0 Å². The Labute approximate surface area is 114 Å². The molecule has 0 atom stereocenters. The van der Waals surface area contributed by atoms with Gasteiger partial charge in [-0.3, -0.25) is 0 Å². The van der Waals surface area contributed by atoms with E-state index in [1.807, 2.05) is 7.05 Å². The molecule has 0 spiro atoms. The van der Waals surface area contributed by atoms with Crippen LogP contribution in [0.25, 0.3) is 0 Å². The first kappa shape index (κ1) is 14.1. The van der Waals surface area contributed by atoms with Gasteiger partial charge in [-0.15, -0.1) is 0 Å². The maximum atomic E-state index is 11.7. The van der Waals surface area contributed by atoms with Crippen molar-refractivity contribution in [3.63, 3.8) is 0 Å². The fourth-order valence-corrected chi connectivity index (χ4v) is 3.09. The lowest BCUT2D eigenvalue weighted by atomic mass is 9.85. The molecule has 19 heavy (non-hydrogen) atoms. The number of nitrogens with zero attached hydrogens (tertiary/aromatic N) is 1. The molecule has 0 heterocycles. The van der Waals surface area contributed by atoms with E-state index in [0.717, 1.165) is 18.2 Å². The van der Waals surface area contributed by atoms with E-state index in [9.17, 15) is 8.42 Å². The number of nitrogen functional groups attached to an aromatic ring is 1. The summed E-state index contributed by atoms with van der Waals surface area (Å²) in [6, 6.07) is 4.88. The molecule has 1 fully saturated rings. The van der Waals surface area contributed by atoms with Crippen molar-refractivity contribution in [1.29, 1.82) is 0 Å². The number of hydrogen-bond acceptors (Lipinski definition) is 4. The van der Waals surface area contributed by atoms with Gasteiger partial charge >= 0.3 is 0 Å². The van der Waals surface area contributed by atoms with E-state index in [1.54, 1.807) is 12.1 Å². The number of anilines is 2. The van der Waals surface area contributed by atoms with Crippen molar-refractivity contribution in [3.8, 4) is 0 Å². The van der Waals surface area contributed by atoms with Crippen LogP contribution in [0.1, 0.15) is 19.3 Å². The summed E-state index contributed by atoms with van der Waals surface area (Å²) in [4.78, 5) is 2.31. The second kappa shape index (κ2) is 5.38. The number of sulfonamides is 1. The summed E-state index contributed by atoms with van der Waals surface area (Å²) in [5, 5.41) is 0. The van der Waals surface area contributed by atoms with Gasteiger partial charge in [0.2, 0.25) is 10.0 Å². The Kier molecular flexibility index (Phi) is 4.01. The molecule has 1 saturated carbocycles. The highest BCUT2D eigenvalue weighted by Crippen LogP contribution is 2.31. The van der Waals surface area contributed by atoms with E-state index in [2.05, 4.69) is 9.62 Å². The lowest BCUT2D eigenvalue weighted by Crippen LogP contribution is -2.29. The van der Waals surface area contributed by atoms with Crippen LogP contribution in [-0.2, 0) is 10.0 Å². The second-order valence-electron chi connectivity index (χ2n) is 5.11. The Balaban J connectivity index is 2.18. The summed E-state index contributed by atoms with van der Waals surface area (Å²) in [7, 11) is -0.0409. The molecule has 0 aromatic heterocycles. The fraction of sp³-hybridized carbons (Fsp3) is 0.538. The Morgan fingerprint density at radius 3 is 2.58 bits per heavy atom. The van der Waals surface area contributed by atoms with E-state index >= 15 is 0 Å². The van der Waals surface area contributed by atoms with Gasteiger partial charge in [-0.1, -0.05) is 6.42 Å². The largest absolute Gasteiger partial charge is 0.397 e. The molecular formula is C13H21N3O2S. The van der Waals surface area contributed by atoms with Crippen LogP contribution in [0.5, 0.6) is 0 Å². The monoisotopic (exact) mass is 283 g/mol. The van der Waals surface area contributed by atoms with Crippen LogP contribution in [0.15, 0.2) is 23.1 Å². The summed E-state index contributed by atoms with van der Waals surface area (Å²) in [6.45, 7) is 0.975. The molecule has 0 radical (unpaired) electrons. The minimum atomic E-state index is -3.43. The molecule has 0 saturated heterocycles. The minimum absolute atomic E-state index is 0.202. The van der Waals surface area contributed by atoms with Gasteiger partial charge in [0.1, 0.15) is 0 Å². The van der Waals surface area contributed by atoms with Gasteiger partial charge in [-0.2, -0.15) is 0 Å². The van der Waals surface area contributed by atoms with Gasteiger partial charge in [0, 0.05) is 13.6 Å². The summed E-state index contributed by atoms with van der Waals surface area (Å²) < 4.78 is 25.7. The van der Waals surface area contributed by atoms with Gasteiger partial charge < -0.3 is 10.6 Å². The van der Waals surface area contributed by atoms with Gasteiger partial charge in [0.25, 0.3) is 0 Å². The number of rotatable bonds is 5. The highest BCUT2D eigenvalue weighted by Gasteiger charge is 2.20. The Bertz CT molecular complexity index is 553.